The first-order valence-electron chi connectivity index (χ1n) is 19.8. The molecule has 0 atom stereocenters. The van der Waals surface area contributed by atoms with Crippen LogP contribution in [0.25, 0.3) is 88.0 Å². The normalized spacial score (nSPS) is 11.4. The third-order valence-corrected chi connectivity index (χ3v) is 11.5. The maximum Gasteiger partial charge on any atom is 0.143 e. The third kappa shape index (κ3) is 5.91. The Labute approximate surface area is 337 Å². The summed E-state index contributed by atoms with van der Waals surface area (Å²) in [5.74, 6) is 0. The summed E-state index contributed by atoms with van der Waals surface area (Å²) in [4.78, 5) is 2.35. The van der Waals surface area contributed by atoms with Crippen molar-refractivity contribution in [2.24, 2.45) is 0 Å². The summed E-state index contributed by atoms with van der Waals surface area (Å²) in [6, 6.07) is 80.6. The Balaban J connectivity index is 0.979. The molecule has 0 fully saturated rings. The molecule has 272 valence electrons. The molecule has 10 aromatic carbocycles. The van der Waals surface area contributed by atoms with E-state index in [1.807, 2.05) is 0 Å². The molecular weight excluding hydrogens is 703 g/mol. The second-order valence-corrected chi connectivity index (χ2v) is 14.9. The lowest BCUT2D eigenvalue weighted by Gasteiger charge is -2.26. The molecule has 0 spiro atoms. The SMILES string of the molecule is c1ccc(-c2ccc(-c3ccc(N(c4ccc(-c5cccc6ccccc56)cc4)c4ccc(-c5cccc6oc7c8ccccc8ccc7c56)cc4)cc3)cc2)cc1. The molecule has 11 rings (SSSR count). The van der Waals surface area contributed by atoms with Crippen molar-refractivity contribution in [1.29, 1.82) is 0 Å². The van der Waals surface area contributed by atoms with Crippen LogP contribution in [0.4, 0.5) is 17.1 Å². The lowest BCUT2D eigenvalue weighted by Crippen LogP contribution is -2.09. The molecule has 0 N–H and O–H groups in total. The minimum absolute atomic E-state index is 0.899. The van der Waals surface area contributed by atoms with Gasteiger partial charge in [-0.3, -0.25) is 0 Å². The average molecular weight is 740 g/mol. The highest BCUT2D eigenvalue weighted by Gasteiger charge is 2.17. The largest absolute Gasteiger partial charge is 0.455 e. The Morgan fingerprint density at radius 1 is 0.276 bits per heavy atom. The minimum Gasteiger partial charge on any atom is -0.455 e. The highest BCUT2D eigenvalue weighted by Crippen LogP contribution is 2.42. The number of fused-ring (bicyclic) bond motifs is 6. The van der Waals surface area contributed by atoms with Gasteiger partial charge in [0.2, 0.25) is 0 Å². The Morgan fingerprint density at radius 3 is 1.36 bits per heavy atom. The van der Waals surface area contributed by atoms with Crippen LogP contribution in [0, 0.1) is 0 Å². The maximum atomic E-state index is 6.53. The zero-order chi connectivity index (χ0) is 38.4. The van der Waals surface area contributed by atoms with E-state index in [-0.39, 0.29) is 0 Å². The standard InChI is InChI=1S/C56H37NO/c1-2-10-38(11-3-1)39-20-22-40(23-21-39)41-24-31-46(32-25-41)57(47-33-26-44(27-34-47)50-17-8-14-42-12-4-6-15-49(42)50)48-35-28-45(29-36-48)51-18-9-19-54-55(51)53-37-30-43-13-5-7-16-52(43)56(53)58-54/h1-37H. The van der Waals surface area contributed by atoms with Crippen molar-refractivity contribution in [2.45, 2.75) is 0 Å². The average Bonchev–Trinajstić information content (AvgIpc) is 3.70. The van der Waals surface area contributed by atoms with Crippen LogP contribution in [0.1, 0.15) is 0 Å². The predicted octanol–water partition coefficient (Wildman–Crippen LogP) is 16.0. The van der Waals surface area contributed by atoms with Crippen LogP contribution >= 0.6 is 0 Å². The predicted molar refractivity (Wildman–Crippen MR) is 245 cm³/mol. The number of nitrogens with zero attached hydrogens (tertiary/aromatic N) is 1. The number of rotatable bonds is 7. The van der Waals surface area contributed by atoms with Crippen LogP contribution < -0.4 is 4.90 Å². The summed E-state index contributed by atoms with van der Waals surface area (Å²) in [5.41, 5.74) is 14.6. The fourth-order valence-electron chi connectivity index (χ4n) is 8.59. The Morgan fingerprint density at radius 2 is 0.724 bits per heavy atom. The Hall–Kier alpha value is -7.68. The molecular formula is C56H37NO. The molecule has 1 heterocycles. The monoisotopic (exact) mass is 739 g/mol. The van der Waals surface area contributed by atoms with Crippen LogP contribution in [0.2, 0.25) is 0 Å². The molecule has 0 radical (unpaired) electrons. The van der Waals surface area contributed by atoms with Crippen LogP contribution in [0.15, 0.2) is 229 Å². The zero-order valence-electron chi connectivity index (χ0n) is 31.7. The summed E-state index contributed by atoms with van der Waals surface area (Å²) in [6.45, 7) is 0. The van der Waals surface area contributed by atoms with Gasteiger partial charge in [-0.05, 0) is 109 Å². The second kappa shape index (κ2) is 14.1. The number of anilines is 3. The first kappa shape index (κ1) is 33.6. The molecule has 2 nitrogen and oxygen atoms in total. The smallest absolute Gasteiger partial charge is 0.143 e. The Bertz CT molecular complexity index is 3230. The van der Waals surface area contributed by atoms with E-state index in [4.69, 9.17) is 4.42 Å². The van der Waals surface area contributed by atoms with Crippen molar-refractivity contribution in [3.05, 3.63) is 224 Å². The van der Waals surface area contributed by atoms with Gasteiger partial charge < -0.3 is 9.32 Å². The Kier molecular flexibility index (Phi) is 8.19. The molecule has 0 amide bonds. The fourth-order valence-corrected chi connectivity index (χ4v) is 8.59. The third-order valence-electron chi connectivity index (χ3n) is 11.5. The van der Waals surface area contributed by atoms with Crippen molar-refractivity contribution in [2.75, 3.05) is 4.90 Å². The quantitative estimate of drug-likeness (QED) is 0.162. The highest BCUT2D eigenvalue weighted by atomic mass is 16.3. The maximum absolute atomic E-state index is 6.53. The molecule has 0 aliphatic carbocycles. The highest BCUT2D eigenvalue weighted by molar-refractivity contribution is 6.19. The first-order valence-corrected chi connectivity index (χ1v) is 19.8. The lowest BCUT2D eigenvalue weighted by molar-refractivity contribution is 0.673. The van der Waals surface area contributed by atoms with E-state index < -0.39 is 0 Å². The first-order chi connectivity index (χ1) is 28.7. The number of hydrogen-bond donors (Lipinski definition) is 0. The zero-order valence-corrected chi connectivity index (χ0v) is 31.7. The minimum atomic E-state index is 0.899. The van der Waals surface area contributed by atoms with Gasteiger partial charge in [0.1, 0.15) is 11.2 Å². The van der Waals surface area contributed by atoms with Crippen molar-refractivity contribution in [1.82, 2.24) is 0 Å². The number of benzene rings is 10. The molecule has 58 heavy (non-hydrogen) atoms. The van der Waals surface area contributed by atoms with E-state index in [1.54, 1.807) is 0 Å². The molecule has 0 bridgehead atoms. The van der Waals surface area contributed by atoms with Crippen molar-refractivity contribution in [3.63, 3.8) is 0 Å². The van der Waals surface area contributed by atoms with Gasteiger partial charge in [0.15, 0.2) is 0 Å². The van der Waals surface area contributed by atoms with Crippen LogP contribution in [0.3, 0.4) is 0 Å². The molecule has 0 unspecified atom stereocenters. The van der Waals surface area contributed by atoms with Crippen molar-refractivity contribution >= 4 is 60.5 Å². The summed E-state index contributed by atoms with van der Waals surface area (Å²) < 4.78 is 6.53. The summed E-state index contributed by atoms with van der Waals surface area (Å²) in [5, 5.41) is 7.09. The van der Waals surface area contributed by atoms with Crippen molar-refractivity contribution in [3.8, 4) is 44.5 Å². The van der Waals surface area contributed by atoms with Gasteiger partial charge in [0, 0.05) is 33.2 Å². The van der Waals surface area contributed by atoms with Gasteiger partial charge in [-0.15, -0.1) is 0 Å². The van der Waals surface area contributed by atoms with Gasteiger partial charge in [0.25, 0.3) is 0 Å². The summed E-state index contributed by atoms with van der Waals surface area (Å²) in [6.07, 6.45) is 0. The van der Waals surface area contributed by atoms with Gasteiger partial charge in [0.05, 0.1) is 0 Å². The molecule has 11 aromatic rings. The van der Waals surface area contributed by atoms with E-state index in [2.05, 4.69) is 229 Å². The molecule has 0 aliphatic heterocycles. The lowest BCUT2D eigenvalue weighted by atomic mass is 9.97. The molecule has 1 aromatic heterocycles. The van der Waals surface area contributed by atoms with Crippen LogP contribution in [0.5, 0.6) is 0 Å². The van der Waals surface area contributed by atoms with Gasteiger partial charge in [-0.2, -0.15) is 0 Å². The molecule has 0 saturated carbocycles. The van der Waals surface area contributed by atoms with Gasteiger partial charge in [-0.1, -0.05) is 176 Å². The van der Waals surface area contributed by atoms with E-state index in [0.29, 0.717) is 0 Å². The summed E-state index contributed by atoms with van der Waals surface area (Å²) in [7, 11) is 0. The van der Waals surface area contributed by atoms with Crippen LogP contribution in [-0.2, 0) is 0 Å². The fraction of sp³-hybridized carbons (Fsp3) is 0. The van der Waals surface area contributed by atoms with Gasteiger partial charge >= 0.3 is 0 Å². The molecule has 0 aliphatic rings. The summed E-state index contributed by atoms with van der Waals surface area (Å²) >= 11 is 0. The van der Waals surface area contributed by atoms with E-state index >= 15 is 0 Å². The molecule has 0 saturated heterocycles. The van der Waals surface area contributed by atoms with Gasteiger partial charge in [-0.25, -0.2) is 0 Å². The number of hydrogen-bond acceptors (Lipinski definition) is 2. The van der Waals surface area contributed by atoms with E-state index in [0.717, 1.165) is 55.5 Å². The number of furan rings is 1. The van der Waals surface area contributed by atoms with Crippen molar-refractivity contribution < 1.29 is 4.42 Å². The second-order valence-electron chi connectivity index (χ2n) is 14.9. The topological polar surface area (TPSA) is 16.4 Å². The van der Waals surface area contributed by atoms with E-state index in [9.17, 15) is 0 Å². The van der Waals surface area contributed by atoms with Crippen LogP contribution in [-0.4, -0.2) is 0 Å². The van der Waals surface area contributed by atoms with E-state index in [1.165, 1.54) is 49.5 Å². The molecule has 2 heteroatoms.